The van der Waals surface area contributed by atoms with Crippen LogP contribution in [-0.4, -0.2) is 23.1 Å². The van der Waals surface area contributed by atoms with Crippen molar-refractivity contribution in [3.8, 4) is 6.07 Å². The molecule has 1 saturated heterocycles. The van der Waals surface area contributed by atoms with Gasteiger partial charge in [0.1, 0.15) is 0 Å². The Balaban J connectivity index is 2.28. The second-order valence-corrected chi connectivity index (χ2v) is 3.59. The molecule has 0 aromatic rings. The first-order valence-electron chi connectivity index (χ1n) is 4.66. The van der Waals surface area contributed by atoms with Gasteiger partial charge in [0.25, 0.3) is 0 Å². The average molecular weight is 190 g/mol. The molecule has 0 bridgehead atoms. The Bertz CT molecular complexity index is 376. The lowest BCUT2D eigenvalue weighted by Crippen LogP contribution is -2.24. The maximum atomic E-state index is 11.4. The third kappa shape index (κ3) is 1.31. The molecule has 1 aliphatic heterocycles. The molecule has 1 fully saturated rings. The Labute approximate surface area is 81.8 Å². The van der Waals surface area contributed by atoms with E-state index in [4.69, 9.17) is 5.26 Å². The van der Waals surface area contributed by atoms with E-state index >= 15 is 0 Å². The molecule has 2 rings (SSSR count). The van der Waals surface area contributed by atoms with E-state index in [0.29, 0.717) is 5.57 Å². The molecule has 0 spiro atoms. The summed E-state index contributed by atoms with van der Waals surface area (Å²) >= 11 is 0. The SMILES string of the molecule is N#CC1=C(N2CC(=O)CC2=O)CCC1. The Hall–Kier alpha value is -1.63. The average Bonchev–Trinajstić information content (AvgIpc) is 2.71. The normalized spacial score (nSPS) is 22.1. The van der Waals surface area contributed by atoms with Crippen LogP contribution >= 0.6 is 0 Å². The van der Waals surface area contributed by atoms with Crippen LogP contribution in [0.2, 0.25) is 0 Å². The predicted molar refractivity (Wildman–Crippen MR) is 47.8 cm³/mol. The lowest BCUT2D eigenvalue weighted by atomic mass is 10.2. The summed E-state index contributed by atoms with van der Waals surface area (Å²) < 4.78 is 0. The van der Waals surface area contributed by atoms with E-state index in [1.807, 2.05) is 0 Å². The lowest BCUT2D eigenvalue weighted by molar-refractivity contribution is -0.126. The van der Waals surface area contributed by atoms with Gasteiger partial charge in [0.2, 0.25) is 5.91 Å². The Morgan fingerprint density at radius 3 is 2.64 bits per heavy atom. The van der Waals surface area contributed by atoms with Gasteiger partial charge in [0.15, 0.2) is 5.78 Å². The number of carbonyl (C=O) groups excluding carboxylic acids is 2. The van der Waals surface area contributed by atoms with E-state index in [9.17, 15) is 9.59 Å². The van der Waals surface area contributed by atoms with Crippen LogP contribution in [0.1, 0.15) is 25.7 Å². The minimum absolute atomic E-state index is 0.00219. The second kappa shape index (κ2) is 3.26. The van der Waals surface area contributed by atoms with Gasteiger partial charge < -0.3 is 4.90 Å². The van der Waals surface area contributed by atoms with Gasteiger partial charge in [0.05, 0.1) is 19.0 Å². The van der Waals surface area contributed by atoms with Gasteiger partial charge in [0, 0.05) is 11.3 Å². The van der Waals surface area contributed by atoms with Gasteiger partial charge in [-0.05, 0) is 19.3 Å². The number of ketones is 1. The molecule has 1 heterocycles. The highest BCUT2D eigenvalue weighted by Gasteiger charge is 2.32. The number of Topliss-reactive ketones (excluding diaryl/α,β-unsaturated/α-hetero) is 1. The van der Waals surface area contributed by atoms with Crippen molar-refractivity contribution in [2.45, 2.75) is 25.7 Å². The fourth-order valence-corrected chi connectivity index (χ4v) is 1.98. The van der Waals surface area contributed by atoms with E-state index in [0.717, 1.165) is 25.0 Å². The fraction of sp³-hybridized carbons (Fsp3) is 0.500. The lowest BCUT2D eigenvalue weighted by Gasteiger charge is -2.16. The zero-order valence-corrected chi connectivity index (χ0v) is 7.75. The van der Waals surface area contributed by atoms with Crippen LogP contribution in [0.25, 0.3) is 0 Å². The fourth-order valence-electron chi connectivity index (χ4n) is 1.98. The number of nitriles is 1. The van der Waals surface area contributed by atoms with Gasteiger partial charge in [-0.3, -0.25) is 9.59 Å². The molecule has 14 heavy (non-hydrogen) atoms. The van der Waals surface area contributed by atoms with Crippen molar-refractivity contribution in [2.75, 3.05) is 6.54 Å². The van der Waals surface area contributed by atoms with E-state index in [2.05, 4.69) is 6.07 Å². The molecule has 0 unspecified atom stereocenters. The van der Waals surface area contributed by atoms with Crippen molar-refractivity contribution in [1.29, 1.82) is 5.26 Å². The number of likely N-dealkylation sites (tertiary alicyclic amines) is 1. The van der Waals surface area contributed by atoms with Crippen LogP contribution in [0.5, 0.6) is 0 Å². The van der Waals surface area contributed by atoms with Crippen LogP contribution in [0.15, 0.2) is 11.3 Å². The maximum absolute atomic E-state index is 11.4. The molecule has 0 radical (unpaired) electrons. The summed E-state index contributed by atoms with van der Waals surface area (Å²) in [5, 5.41) is 8.82. The number of allylic oxidation sites excluding steroid dienone is 2. The number of carbonyl (C=O) groups is 2. The Kier molecular flexibility index (Phi) is 2.08. The molecule has 72 valence electrons. The van der Waals surface area contributed by atoms with Crippen molar-refractivity contribution < 1.29 is 9.59 Å². The summed E-state index contributed by atoms with van der Waals surface area (Å²) in [6.45, 7) is 0.166. The number of hydrogen-bond acceptors (Lipinski definition) is 3. The molecular weight excluding hydrogens is 180 g/mol. The Morgan fingerprint density at radius 2 is 2.07 bits per heavy atom. The van der Waals surface area contributed by atoms with Gasteiger partial charge in [-0.25, -0.2) is 0 Å². The molecule has 1 amide bonds. The number of hydrogen-bond donors (Lipinski definition) is 0. The number of amides is 1. The van der Waals surface area contributed by atoms with Gasteiger partial charge >= 0.3 is 0 Å². The maximum Gasteiger partial charge on any atom is 0.234 e. The quantitative estimate of drug-likeness (QED) is 0.573. The van der Waals surface area contributed by atoms with Crippen molar-refractivity contribution in [1.82, 2.24) is 4.90 Å². The van der Waals surface area contributed by atoms with Crippen molar-refractivity contribution in [2.24, 2.45) is 0 Å². The third-order valence-electron chi connectivity index (χ3n) is 2.63. The summed E-state index contributed by atoms with van der Waals surface area (Å²) in [5.41, 5.74) is 1.46. The zero-order valence-electron chi connectivity index (χ0n) is 7.75. The summed E-state index contributed by atoms with van der Waals surface area (Å²) in [4.78, 5) is 23.9. The molecule has 0 aromatic heterocycles. The first-order valence-corrected chi connectivity index (χ1v) is 4.66. The van der Waals surface area contributed by atoms with Crippen LogP contribution < -0.4 is 0 Å². The van der Waals surface area contributed by atoms with Crippen molar-refractivity contribution in [3.05, 3.63) is 11.3 Å². The second-order valence-electron chi connectivity index (χ2n) is 3.59. The number of rotatable bonds is 1. The predicted octanol–water partition coefficient (Wildman–Crippen LogP) is 0.749. The molecule has 4 nitrogen and oxygen atoms in total. The zero-order chi connectivity index (χ0) is 10.1. The molecule has 0 saturated carbocycles. The largest absolute Gasteiger partial charge is 0.307 e. The highest BCUT2D eigenvalue weighted by atomic mass is 16.2. The molecule has 2 aliphatic rings. The topological polar surface area (TPSA) is 61.2 Å². The standard InChI is InChI=1S/C10H10N2O2/c11-5-7-2-1-3-9(7)12-6-8(13)4-10(12)14/h1-4,6H2. The third-order valence-corrected chi connectivity index (χ3v) is 2.63. The molecule has 0 atom stereocenters. The van der Waals surface area contributed by atoms with Crippen LogP contribution in [-0.2, 0) is 9.59 Å². The monoisotopic (exact) mass is 190 g/mol. The highest BCUT2D eigenvalue weighted by molar-refractivity contribution is 6.06. The van der Waals surface area contributed by atoms with Crippen molar-refractivity contribution in [3.63, 3.8) is 0 Å². The summed E-state index contributed by atoms with van der Waals surface area (Å²) in [5.74, 6) is -0.202. The van der Waals surface area contributed by atoms with Crippen LogP contribution in [0, 0.1) is 11.3 Å². The Morgan fingerprint density at radius 1 is 1.29 bits per heavy atom. The summed E-state index contributed by atoms with van der Waals surface area (Å²) in [6.07, 6.45) is 2.41. The van der Waals surface area contributed by atoms with Gasteiger partial charge in [-0.15, -0.1) is 0 Å². The first kappa shape index (κ1) is 8.95. The molecule has 0 aromatic carbocycles. The summed E-state index contributed by atoms with van der Waals surface area (Å²) in [7, 11) is 0. The minimum atomic E-state index is -0.153. The van der Waals surface area contributed by atoms with Crippen molar-refractivity contribution >= 4 is 11.7 Å². The van der Waals surface area contributed by atoms with E-state index in [1.165, 1.54) is 4.90 Å². The van der Waals surface area contributed by atoms with Crippen LogP contribution in [0.4, 0.5) is 0 Å². The first-order chi connectivity index (χ1) is 6.72. The molecule has 1 aliphatic carbocycles. The smallest absolute Gasteiger partial charge is 0.234 e. The van der Waals surface area contributed by atoms with E-state index in [-0.39, 0.29) is 24.7 Å². The van der Waals surface area contributed by atoms with Crippen LogP contribution in [0.3, 0.4) is 0 Å². The minimum Gasteiger partial charge on any atom is -0.307 e. The molecular formula is C10H10N2O2. The van der Waals surface area contributed by atoms with Gasteiger partial charge in [-0.1, -0.05) is 0 Å². The summed E-state index contributed by atoms with van der Waals surface area (Å²) in [6, 6.07) is 2.10. The molecule has 4 heteroatoms. The van der Waals surface area contributed by atoms with E-state index < -0.39 is 0 Å². The van der Waals surface area contributed by atoms with Gasteiger partial charge in [-0.2, -0.15) is 5.26 Å². The molecule has 0 N–H and O–H groups in total. The highest BCUT2D eigenvalue weighted by Crippen LogP contribution is 2.30. The van der Waals surface area contributed by atoms with E-state index in [1.54, 1.807) is 0 Å². The number of nitrogens with zero attached hydrogens (tertiary/aromatic N) is 2.